The molecular weight excluding hydrogens is 138 g/mol. The summed E-state index contributed by atoms with van der Waals surface area (Å²) in [4.78, 5) is 0. The number of hydrogen-bond acceptors (Lipinski definition) is 2. The Balaban J connectivity index is 2.32. The third-order valence-corrected chi connectivity index (χ3v) is 1.80. The fourth-order valence-corrected chi connectivity index (χ4v) is 1.20. The van der Waals surface area contributed by atoms with Gasteiger partial charge in [-0.15, -0.1) is 10.1 Å². The van der Waals surface area contributed by atoms with Crippen LogP contribution in [0.4, 0.5) is 0 Å². The van der Waals surface area contributed by atoms with E-state index in [-0.39, 0.29) is 5.41 Å². The minimum absolute atomic E-state index is 0.130. The summed E-state index contributed by atoms with van der Waals surface area (Å²) in [5.74, 6) is 1.11. The van der Waals surface area contributed by atoms with Gasteiger partial charge in [0.05, 0.1) is 11.6 Å². The molecule has 0 saturated carbocycles. The molecule has 2 N–H and O–H groups in total. The van der Waals surface area contributed by atoms with E-state index in [1.807, 2.05) is 17.4 Å². The van der Waals surface area contributed by atoms with Crippen molar-refractivity contribution in [2.45, 2.75) is 13.8 Å². The number of hydrazine groups is 1. The molecule has 2 aliphatic rings. The van der Waals surface area contributed by atoms with Crippen LogP contribution in [0.1, 0.15) is 13.8 Å². The number of hydrogen-bond donors (Lipinski definition) is 2. The second-order valence-corrected chi connectivity index (χ2v) is 3.45. The van der Waals surface area contributed by atoms with Crippen LogP contribution in [0.3, 0.4) is 0 Å². The van der Waals surface area contributed by atoms with Gasteiger partial charge in [-0.1, -0.05) is 0 Å². The van der Waals surface area contributed by atoms with Gasteiger partial charge in [-0.2, -0.15) is 0 Å². The highest BCUT2D eigenvalue weighted by Crippen LogP contribution is 2.18. The molecule has 2 rings (SSSR count). The molecule has 0 spiro atoms. The van der Waals surface area contributed by atoms with Gasteiger partial charge in [-0.25, -0.2) is 0 Å². The highest BCUT2D eigenvalue weighted by molar-refractivity contribution is 5.62. The fraction of sp³-hybridized carbons (Fsp3) is 0.375. The van der Waals surface area contributed by atoms with Crippen molar-refractivity contribution in [3.05, 3.63) is 24.3 Å². The number of nitrogens with zero attached hydrogens (tertiary/aromatic N) is 1. The second-order valence-electron chi connectivity index (χ2n) is 3.45. The third-order valence-electron chi connectivity index (χ3n) is 1.80. The Bertz CT molecular complexity index is 261. The standard InChI is InChI=1S/C8H11N3/c1-8(2)5-7-9-3-4-11(7)10-6-8/h3-6,9H,1-2H3/p+1. The second kappa shape index (κ2) is 1.87. The average Bonchev–Trinajstić information content (AvgIpc) is 2.31. The molecule has 0 saturated heterocycles. The van der Waals surface area contributed by atoms with E-state index in [9.17, 15) is 0 Å². The summed E-state index contributed by atoms with van der Waals surface area (Å²) in [6.45, 7) is 4.31. The van der Waals surface area contributed by atoms with Gasteiger partial charge < -0.3 is 5.32 Å². The van der Waals surface area contributed by atoms with Crippen LogP contribution in [0.25, 0.3) is 0 Å². The molecule has 0 atom stereocenters. The first-order valence-electron chi connectivity index (χ1n) is 3.73. The first-order chi connectivity index (χ1) is 5.17. The minimum atomic E-state index is 0.130. The lowest BCUT2D eigenvalue weighted by molar-refractivity contribution is -0.616. The maximum Gasteiger partial charge on any atom is 0.177 e. The summed E-state index contributed by atoms with van der Waals surface area (Å²) in [5.41, 5.74) is 0.130. The Labute approximate surface area is 66.1 Å². The van der Waals surface area contributed by atoms with E-state index in [4.69, 9.17) is 0 Å². The number of hydrazone groups is 1. The summed E-state index contributed by atoms with van der Waals surface area (Å²) in [5, 5.41) is 8.25. The summed E-state index contributed by atoms with van der Waals surface area (Å²) >= 11 is 0. The smallest absolute Gasteiger partial charge is 0.177 e. The molecule has 0 radical (unpaired) electrons. The Morgan fingerprint density at radius 2 is 2.36 bits per heavy atom. The maximum atomic E-state index is 3.16. The quantitative estimate of drug-likeness (QED) is 0.478. The van der Waals surface area contributed by atoms with E-state index in [0.717, 1.165) is 5.82 Å². The van der Waals surface area contributed by atoms with Gasteiger partial charge in [0.25, 0.3) is 0 Å². The van der Waals surface area contributed by atoms with Crippen LogP contribution in [0.5, 0.6) is 0 Å². The van der Waals surface area contributed by atoms with Crippen LogP contribution in [-0.2, 0) is 0 Å². The number of fused-ring (bicyclic) bond motifs is 1. The molecule has 0 amide bonds. The predicted molar refractivity (Wildman–Crippen MR) is 43.0 cm³/mol. The Hall–Kier alpha value is -1.25. The van der Waals surface area contributed by atoms with Crippen molar-refractivity contribution in [3.8, 4) is 0 Å². The summed E-state index contributed by atoms with van der Waals surface area (Å²) in [6, 6.07) is 0. The summed E-state index contributed by atoms with van der Waals surface area (Å²) in [7, 11) is 0. The molecule has 2 aliphatic heterocycles. The molecular formula is C8H12N3+. The summed E-state index contributed by atoms with van der Waals surface area (Å²) in [6.07, 6.45) is 8.11. The van der Waals surface area contributed by atoms with Gasteiger partial charge in [0.15, 0.2) is 12.0 Å². The van der Waals surface area contributed by atoms with Crippen LogP contribution in [0.2, 0.25) is 0 Å². The van der Waals surface area contributed by atoms with Crippen LogP contribution in [0, 0.1) is 5.41 Å². The zero-order valence-corrected chi connectivity index (χ0v) is 6.76. The molecule has 3 nitrogen and oxygen atoms in total. The number of rotatable bonds is 0. The van der Waals surface area contributed by atoms with E-state index in [1.54, 1.807) is 0 Å². The molecule has 0 aromatic carbocycles. The Morgan fingerprint density at radius 1 is 1.55 bits per heavy atom. The lowest BCUT2D eigenvalue weighted by Gasteiger charge is -2.18. The van der Waals surface area contributed by atoms with Crippen molar-refractivity contribution in [3.63, 3.8) is 0 Å². The number of allylic oxidation sites excluding steroid dienone is 1. The van der Waals surface area contributed by atoms with Crippen molar-refractivity contribution in [2.75, 3.05) is 0 Å². The van der Waals surface area contributed by atoms with Gasteiger partial charge in [0.1, 0.15) is 0 Å². The highest BCUT2D eigenvalue weighted by Gasteiger charge is 2.27. The Morgan fingerprint density at radius 3 is 3.18 bits per heavy atom. The van der Waals surface area contributed by atoms with E-state index >= 15 is 0 Å². The molecule has 0 unspecified atom stereocenters. The van der Waals surface area contributed by atoms with Crippen molar-refractivity contribution < 1.29 is 5.10 Å². The first-order valence-corrected chi connectivity index (χ1v) is 3.73. The number of nitrogens with one attached hydrogen (secondary N) is 2. The van der Waals surface area contributed by atoms with Crippen molar-refractivity contribution in [1.29, 1.82) is 0 Å². The fourth-order valence-electron chi connectivity index (χ4n) is 1.20. The largest absolute Gasteiger partial charge is 0.342 e. The monoisotopic (exact) mass is 150 g/mol. The lowest BCUT2D eigenvalue weighted by atomic mass is 9.94. The molecule has 0 fully saturated rings. The van der Waals surface area contributed by atoms with Crippen LogP contribution >= 0.6 is 0 Å². The summed E-state index contributed by atoms with van der Waals surface area (Å²) < 4.78 is 0. The predicted octanol–water partition coefficient (Wildman–Crippen LogP) is -0.690. The zero-order valence-electron chi connectivity index (χ0n) is 6.76. The Kier molecular flexibility index (Phi) is 1.10. The van der Waals surface area contributed by atoms with E-state index in [1.165, 1.54) is 0 Å². The van der Waals surface area contributed by atoms with Gasteiger partial charge in [-0.05, 0) is 19.9 Å². The third kappa shape index (κ3) is 1.02. The molecule has 0 aromatic rings. The molecule has 3 heteroatoms. The van der Waals surface area contributed by atoms with E-state index < -0.39 is 0 Å². The zero-order chi connectivity index (χ0) is 7.90. The van der Waals surface area contributed by atoms with E-state index in [0.29, 0.717) is 0 Å². The van der Waals surface area contributed by atoms with Crippen LogP contribution in [0.15, 0.2) is 24.3 Å². The van der Waals surface area contributed by atoms with Crippen molar-refractivity contribution in [1.82, 2.24) is 10.3 Å². The average molecular weight is 150 g/mol. The normalized spacial score (nSPS) is 24.5. The van der Waals surface area contributed by atoms with Crippen LogP contribution < -0.4 is 10.4 Å². The van der Waals surface area contributed by atoms with Gasteiger partial charge in [-0.3, -0.25) is 0 Å². The van der Waals surface area contributed by atoms with Gasteiger partial charge in [0.2, 0.25) is 0 Å². The first kappa shape index (κ1) is 6.46. The van der Waals surface area contributed by atoms with Crippen molar-refractivity contribution in [2.24, 2.45) is 5.41 Å². The molecule has 0 aliphatic carbocycles. The SMILES string of the molecule is CC1(C)C=[NH+]N2C=CNC2=C1. The minimum Gasteiger partial charge on any atom is -0.342 e. The molecule has 2 heterocycles. The molecule has 0 bridgehead atoms. The molecule has 58 valence electrons. The van der Waals surface area contributed by atoms with Gasteiger partial charge in [0, 0.05) is 6.20 Å². The molecule has 11 heavy (non-hydrogen) atoms. The van der Waals surface area contributed by atoms with Crippen molar-refractivity contribution >= 4 is 6.21 Å². The topological polar surface area (TPSA) is 29.2 Å². The molecule has 0 aromatic heterocycles. The highest BCUT2D eigenvalue weighted by atomic mass is 15.5. The maximum absolute atomic E-state index is 3.16. The lowest BCUT2D eigenvalue weighted by Crippen LogP contribution is -2.81. The van der Waals surface area contributed by atoms with Gasteiger partial charge >= 0.3 is 0 Å². The van der Waals surface area contributed by atoms with E-state index in [2.05, 4.69) is 36.6 Å². The van der Waals surface area contributed by atoms with Crippen LogP contribution in [-0.4, -0.2) is 11.2 Å².